The van der Waals surface area contributed by atoms with E-state index in [0.717, 1.165) is 34.2 Å². The molecule has 35 heavy (non-hydrogen) atoms. The van der Waals surface area contributed by atoms with Crippen molar-refractivity contribution in [2.75, 3.05) is 5.32 Å². The smallest absolute Gasteiger partial charge is 0.242 e. The van der Waals surface area contributed by atoms with E-state index >= 15 is 0 Å². The van der Waals surface area contributed by atoms with Crippen LogP contribution in [-0.2, 0) is 11.3 Å². The Hall–Kier alpha value is -4.04. The highest BCUT2D eigenvalue weighted by molar-refractivity contribution is 8.00. The first-order chi connectivity index (χ1) is 17.0. The van der Waals surface area contributed by atoms with Crippen molar-refractivity contribution in [3.05, 3.63) is 90.0 Å². The molecule has 1 N–H and O–H groups in total. The number of rotatable bonds is 7. The third kappa shape index (κ3) is 4.52. The molecule has 1 amide bonds. The van der Waals surface area contributed by atoms with Crippen molar-refractivity contribution in [1.82, 2.24) is 19.7 Å². The van der Waals surface area contributed by atoms with Gasteiger partial charge in [0.1, 0.15) is 10.8 Å². The van der Waals surface area contributed by atoms with Crippen molar-refractivity contribution < 1.29 is 9.59 Å². The summed E-state index contributed by atoms with van der Waals surface area (Å²) in [7, 11) is 0. The predicted octanol–water partition coefficient (Wildman–Crippen LogP) is 5.67. The maximum absolute atomic E-state index is 13.4. The Morgan fingerprint density at radius 2 is 1.74 bits per heavy atom. The molecular formula is C27H23N5O2S. The molecule has 2 heterocycles. The number of carbonyl (C=O) groups is 2. The molecule has 0 saturated carbocycles. The number of benzene rings is 3. The first kappa shape index (κ1) is 22.7. The van der Waals surface area contributed by atoms with Gasteiger partial charge in [0.2, 0.25) is 11.1 Å². The number of aryl methyl sites for hydroxylation is 1. The monoisotopic (exact) mass is 481 g/mol. The lowest BCUT2D eigenvalue weighted by atomic mass is 10.1. The molecule has 5 aromatic rings. The van der Waals surface area contributed by atoms with Crippen LogP contribution in [0.1, 0.15) is 35.0 Å². The number of carbonyl (C=O) groups excluding carboxylic acids is 2. The van der Waals surface area contributed by atoms with Gasteiger partial charge in [0.05, 0.1) is 5.52 Å². The lowest BCUT2D eigenvalue weighted by Crippen LogP contribution is -2.19. The third-order valence-electron chi connectivity index (χ3n) is 5.77. The minimum atomic E-state index is -0.615. The van der Waals surface area contributed by atoms with Gasteiger partial charge in [-0.2, -0.15) is 0 Å². The molecule has 7 nitrogen and oxygen atoms in total. The normalized spacial score (nSPS) is 12.1. The Bertz CT molecular complexity index is 1550. The molecule has 0 fully saturated rings. The summed E-state index contributed by atoms with van der Waals surface area (Å²) < 4.78 is 2.11. The van der Waals surface area contributed by atoms with Crippen LogP contribution in [0.5, 0.6) is 0 Å². The average molecular weight is 482 g/mol. The summed E-state index contributed by atoms with van der Waals surface area (Å²) in [6, 6.07) is 24.4. The molecule has 0 radical (unpaired) electrons. The van der Waals surface area contributed by atoms with Crippen LogP contribution in [0.25, 0.3) is 22.1 Å². The largest absolute Gasteiger partial charge is 0.325 e. The van der Waals surface area contributed by atoms with Gasteiger partial charge in [-0.3, -0.25) is 9.59 Å². The van der Waals surface area contributed by atoms with E-state index in [4.69, 9.17) is 4.98 Å². The van der Waals surface area contributed by atoms with Gasteiger partial charge in [0, 0.05) is 23.2 Å². The molecule has 0 aliphatic carbocycles. The highest BCUT2D eigenvalue weighted by Gasteiger charge is 2.25. The van der Waals surface area contributed by atoms with Crippen molar-refractivity contribution in [3.8, 4) is 0 Å². The Labute approximate surface area is 206 Å². The van der Waals surface area contributed by atoms with Gasteiger partial charge in [-0.1, -0.05) is 72.4 Å². The zero-order valence-corrected chi connectivity index (χ0v) is 20.1. The fourth-order valence-electron chi connectivity index (χ4n) is 4.09. The van der Waals surface area contributed by atoms with Crippen molar-refractivity contribution in [1.29, 1.82) is 0 Å². The molecule has 1 atom stereocenters. The topological polar surface area (TPSA) is 89.8 Å². The fourth-order valence-corrected chi connectivity index (χ4v) is 4.99. The minimum absolute atomic E-state index is 0.0610. The first-order valence-electron chi connectivity index (χ1n) is 11.3. The summed E-state index contributed by atoms with van der Waals surface area (Å²) in [5.41, 5.74) is 4.46. The maximum atomic E-state index is 13.4. The number of nitrogens with one attached hydrogen (secondary N) is 1. The summed E-state index contributed by atoms with van der Waals surface area (Å²) in [5, 5.41) is 12.6. The zero-order chi connectivity index (χ0) is 24.4. The lowest BCUT2D eigenvalue weighted by Gasteiger charge is -2.16. The SMILES string of the molecule is CCn1c2ccccc2c2nnc(SC(C(=O)Nc3cccc(C(C)=O)c3)c3ccccc3)nc21. The van der Waals surface area contributed by atoms with Crippen LogP contribution in [0.3, 0.4) is 0 Å². The van der Waals surface area contributed by atoms with E-state index in [9.17, 15) is 9.59 Å². The van der Waals surface area contributed by atoms with Gasteiger partial charge in [-0.15, -0.1) is 10.2 Å². The van der Waals surface area contributed by atoms with Crippen molar-refractivity contribution in [2.24, 2.45) is 0 Å². The molecule has 2 aromatic heterocycles. The van der Waals surface area contributed by atoms with E-state index in [1.807, 2.05) is 54.6 Å². The molecule has 3 aromatic carbocycles. The fraction of sp³-hybridized carbons (Fsp3) is 0.148. The second-order valence-corrected chi connectivity index (χ2v) is 9.14. The van der Waals surface area contributed by atoms with Crippen LogP contribution in [0.4, 0.5) is 5.69 Å². The highest BCUT2D eigenvalue weighted by Crippen LogP contribution is 2.35. The summed E-state index contributed by atoms with van der Waals surface area (Å²) in [4.78, 5) is 30.0. The number of thioether (sulfide) groups is 1. The number of aromatic nitrogens is 4. The molecule has 8 heteroatoms. The minimum Gasteiger partial charge on any atom is -0.325 e. The number of anilines is 1. The molecule has 0 bridgehead atoms. The molecular weight excluding hydrogens is 458 g/mol. The average Bonchev–Trinajstić information content (AvgIpc) is 3.20. The van der Waals surface area contributed by atoms with Crippen LogP contribution >= 0.6 is 11.8 Å². The van der Waals surface area contributed by atoms with Crippen LogP contribution in [-0.4, -0.2) is 31.4 Å². The van der Waals surface area contributed by atoms with Crippen LogP contribution < -0.4 is 5.32 Å². The third-order valence-corrected chi connectivity index (χ3v) is 6.88. The van der Waals surface area contributed by atoms with E-state index in [-0.39, 0.29) is 11.7 Å². The molecule has 0 saturated heterocycles. The number of hydrogen-bond acceptors (Lipinski definition) is 6. The van der Waals surface area contributed by atoms with Gasteiger partial charge < -0.3 is 9.88 Å². The molecule has 1 unspecified atom stereocenters. The molecule has 174 valence electrons. The highest BCUT2D eigenvalue weighted by atomic mass is 32.2. The number of ketones is 1. The Morgan fingerprint density at radius 1 is 0.971 bits per heavy atom. The van der Waals surface area contributed by atoms with Crippen LogP contribution in [0.2, 0.25) is 0 Å². The standard InChI is InChI=1S/C27H23N5O2S/c1-3-32-22-15-8-7-14-21(22)23-25(32)29-27(31-30-23)35-24(18-10-5-4-6-11-18)26(34)28-20-13-9-12-19(16-20)17(2)33/h4-16,24H,3H2,1-2H3,(H,28,34). The number of para-hydroxylation sites is 1. The van der Waals surface area contributed by atoms with Crippen molar-refractivity contribution >= 4 is 51.2 Å². The van der Waals surface area contributed by atoms with E-state index in [1.165, 1.54) is 18.7 Å². The first-order valence-corrected chi connectivity index (χ1v) is 12.2. The van der Waals surface area contributed by atoms with E-state index < -0.39 is 5.25 Å². The van der Waals surface area contributed by atoms with Crippen molar-refractivity contribution in [2.45, 2.75) is 30.8 Å². The number of fused-ring (bicyclic) bond motifs is 3. The van der Waals surface area contributed by atoms with Gasteiger partial charge in [-0.25, -0.2) is 4.98 Å². The molecule has 5 rings (SSSR count). The van der Waals surface area contributed by atoms with Crippen LogP contribution in [0.15, 0.2) is 84.0 Å². The van der Waals surface area contributed by atoms with Crippen LogP contribution in [0, 0.1) is 0 Å². The second-order valence-electron chi connectivity index (χ2n) is 8.06. The number of Topliss-reactive ketones (excluding diaryl/α,β-unsaturated/α-hetero) is 1. The van der Waals surface area contributed by atoms with E-state index in [0.29, 0.717) is 16.4 Å². The van der Waals surface area contributed by atoms with Gasteiger partial charge in [0.15, 0.2) is 11.4 Å². The summed E-state index contributed by atoms with van der Waals surface area (Å²) in [6.07, 6.45) is 0. The zero-order valence-electron chi connectivity index (χ0n) is 19.3. The van der Waals surface area contributed by atoms with E-state index in [1.54, 1.807) is 24.3 Å². The Kier molecular flexibility index (Phi) is 6.29. The van der Waals surface area contributed by atoms with E-state index in [2.05, 4.69) is 27.0 Å². The van der Waals surface area contributed by atoms with Crippen molar-refractivity contribution in [3.63, 3.8) is 0 Å². The van der Waals surface area contributed by atoms with Gasteiger partial charge in [0.25, 0.3) is 0 Å². The molecule has 0 spiro atoms. The number of nitrogens with zero attached hydrogens (tertiary/aromatic N) is 4. The molecule has 0 aliphatic rings. The summed E-state index contributed by atoms with van der Waals surface area (Å²) in [6.45, 7) is 4.30. The maximum Gasteiger partial charge on any atom is 0.242 e. The quantitative estimate of drug-likeness (QED) is 0.238. The lowest BCUT2D eigenvalue weighted by molar-refractivity contribution is -0.115. The Morgan fingerprint density at radius 3 is 2.51 bits per heavy atom. The summed E-state index contributed by atoms with van der Waals surface area (Å²) in [5.74, 6) is -0.296. The van der Waals surface area contributed by atoms with Gasteiger partial charge >= 0.3 is 0 Å². The molecule has 0 aliphatic heterocycles. The Balaban J connectivity index is 1.51. The predicted molar refractivity (Wildman–Crippen MR) is 139 cm³/mol. The summed E-state index contributed by atoms with van der Waals surface area (Å²) >= 11 is 1.25. The second kappa shape index (κ2) is 9.68. The number of amides is 1. The number of hydrogen-bond donors (Lipinski definition) is 1. The van der Waals surface area contributed by atoms with Gasteiger partial charge in [-0.05, 0) is 37.6 Å².